The average molecular weight is 336 g/mol. The van der Waals surface area contributed by atoms with Gasteiger partial charge in [0.1, 0.15) is 0 Å². The third-order valence-electron chi connectivity index (χ3n) is 5.14. The van der Waals surface area contributed by atoms with Gasteiger partial charge in [0, 0.05) is 32.2 Å². The highest BCUT2D eigenvalue weighted by Gasteiger charge is 2.28. The fraction of sp³-hybridized carbons (Fsp3) is 0.611. The quantitative estimate of drug-likeness (QED) is 0.919. The van der Waals surface area contributed by atoms with E-state index >= 15 is 0 Å². The van der Waals surface area contributed by atoms with Crippen molar-refractivity contribution in [2.24, 2.45) is 0 Å². The van der Waals surface area contributed by atoms with Crippen LogP contribution in [0.3, 0.4) is 0 Å². The van der Waals surface area contributed by atoms with Gasteiger partial charge in [0.2, 0.25) is 5.91 Å². The van der Waals surface area contributed by atoms with Crippen LogP contribution in [0.4, 0.5) is 5.69 Å². The van der Waals surface area contributed by atoms with Crippen LogP contribution in [0.1, 0.15) is 32.6 Å². The highest BCUT2D eigenvalue weighted by molar-refractivity contribution is 6.33. The Bertz CT molecular complexity index is 537. The number of nitrogens with zero attached hydrogens (tertiary/aromatic N) is 2. The molecule has 3 rings (SSSR count). The van der Waals surface area contributed by atoms with E-state index in [1.807, 2.05) is 25.1 Å². The molecule has 0 aromatic heterocycles. The maximum atomic E-state index is 12.4. The van der Waals surface area contributed by atoms with Crippen molar-refractivity contribution in [2.45, 2.75) is 44.7 Å². The summed E-state index contributed by atoms with van der Waals surface area (Å²) in [6, 6.07) is 8.32. The second kappa shape index (κ2) is 7.54. The van der Waals surface area contributed by atoms with Crippen LogP contribution < -0.4 is 10.2 Å². The van der Waals surface area contributed by atoms with Gasteiger partial charge in [-0.25, -0.2) is 0 Å². The predicted octanol–water partition coefficient (Wildman–Crippen LogP) is 2.91. The van der Waals surface area contributed by atoms with E-state index in [4.69, 9.17) is 11.6 Å². The Kier molecular flexibility index (Phi) is 5.44. The van der Waals surface area contributed by atoms with Crippen LogP contribution in [0, 0.1) is 0 Å². The highest BCUT2D eigenvalue weighted by atomic mass is 35.5. The molecule has 1 atom stereocenters. The lowest BCUT2D eigenvalue weighted by molar-refractivity contribution is -0.126. The Morgan fingerprint density at radius 1 is 1.17 bits per heavy atom. The third kappa shape index (κ3) is 3.99. The first-order valence-electron chi connectivity index (χ1n) is 8.69. The van der Waals surface area contributed by atoms with Gasteiger partial charge in [0.15, 0.2) is 0 Å². The molecule has 1 aromatic rings. The van der Waals surface area contributed by atoms with Gasteiger partial charge in [0.05, 0.1) is 16.8 Å². The van der Waals surface area contributed by atoms with Crippen molar-refractivity contribution < 1.29 is 4.79 Å². The Morgan fingerprint density at radius 3 is 2.48 bits per heavy atom. The minimum atomic E-state index is -0.0519. The average Bonchev–Trinajstić information content (AvgIpc) is 3.08. The summed E-state index contributed by atoms with van der Waals surface area (Å²) in [5.74, 6) is 0.183. The van der Waals surface area contributed by atoms with Gasteiger partial charge < -0.3 is 10.2 Å². The summed E-state index contributed by atoms with van der Waals surface area (Å²) in [6.07, 6.45) is 4.77. The van der Waals surface area contributed by atoms with Crippen LogP contribution >= 0.6 is 11.6 Å². The number of carbonyl (C=O) groups excluding carboxylic acids is 1. The Morgan fingerprint density at radius 2 is 1.83 bits per heavy atom. The van der Waals surface area contributed by atoms with E-state index in [2.05, 4.69) is 21.2 Å². The number of hydrogen-bond acceptors (Lipinski definition) is 3. The molecule has 1 aliphatic carbocycles. The lowest BCUT2D eigenvalue weighted by Gasteiger charge is -2.39. The Labute approximate surface area is 143 Å². The summed E-state index contributed by atoms with van der Waals surface area (Å²) < 4.78 is 0. The Balaban J connectivity index is 1.51. The molecule has 0 radical (unpaired) electrons. The minimum Gasteiger partial charge on any atom is -0.368 e. The molecule has 23 heavy (non-hydrogen) atoms. The molecule has 2 fully saturated rings. The standard InChI is InChI=1S/C18H26ClN3O/c1-14(18(23)20-15-6-2-3-7-15)21-10-12-22(13-11-21)17-9-5-4-8-16(17)19/h4-5,8-9,14-15H,2-3,6-7,10-13H2,1H3,(H,20,23)/t14-/m1/s1. The summed E-state index contributed by atoms with van der Waals surface area (Å²) >= 11 is 6.28. The molecule has 1 aliphatic heterocycles. The zero-order valence-electron chi connectivity index (χ0n) is 13.8. The van der Waals surface area contributed by atoms with E-state index in [-0.39, 0.29) is 11.9 Å². The second-order valence-electron chi connectivity index (χ2n) is 6.64. The predicted molar refractivity (Wildman–Crippen MR) is 95.1 cm³/mol. The van der Waals surface area contributed by atoms with Gasteiger partial charge in [-0.1, -0.05) is 36.6 Å². The van der Waals surface area contributed by atoms with E-state index in [1.54, 1.807) is 0 Å². The van der Waals surface area contributed by atoms with Gasteiger partial charge in [-0.05, 0) is 31.9 Å². The van der Waals surface area contributed by atoms with E-state index in [9.17, 15) is 4.79 Å². The van der Waals surface area contributed by atoms with E-state index in [0.29, 0.717) is 6.04 Å². The lowest BCUT2D eigenvalue weighted by atomic mass is 10.1. The summed E-state index contributed by atoms with van der Waals surface area (Å²) in [6.45, 7) is 5.62. The number of anilines is 1. The van der Waals surface area contributed by atoms with Crippen molar-refractivity contribution in [2.75, 3.05) is 31.1 Å². The molecule has 1 aromatic carbocycles. The van der Waals surface area contributed by atoms with Crippen molar-refractivity contribution in [1.29, 1.82) is 0 Å². The molecule has 126 valence electrons. The molecule has 0 bridgehead atoms. The molecule has 2 aliphatic rings. The first-order valence-corrected chi connectivity index (χ1v) is 9.07. The zero-order valence-corrected chi connectivity index (χ0v) is 14.6. The SMILES string of the molecule is C[C@H](C(=O)NC1CCCC1)N1CCN(c2ccccc2Cl)CC1. The molecule has 1 N–H and O–H groups in total. The zero-order chi connectivity index (χ0) is 16.2. The smallest absolute Gasteiger partial charge is 0.237 e. The fourth-order valence-electron chi connectivity index (χ4n) is 3.62. The summed E-state index contributed by atoms with van der Waals surface area (Å²) in [4.78, 5) is 17.0. The largest absolute Gasteiger partial charge is 0.368 e. The molecular weight excluding hydrogens is 310 g/mol. The number of benzene rings is 1. The maximum Gasteiger partial charge on any atom is 0.237 e. The number of amides is 1. The van der Waals surface area contributed by atoms with Crippen LogP contribution in [0.2, 0.25) is 5.02 Å². The molecule has 1 heterocycles. The number of hydrogen-bond donors (Lipinski definition) is 1. The number of nitrogens with one attached hydrogen (secondary N) is 1. The molecule has 5 heteroatoms. The molecule has 0 unspecified atom stereocenters. The monoisotopic (exact) mass is 335 g/mol. The molecule has 1 saturated carbocycles. The van der Waals surface area contributed by atoms with Gasteiger partial charge in [-0.15, -0.1) is 0 Å². The Hall–Kier alpha value is -1.26. The van der Waals surface area contributed by atoms with Gasteiger partial charge in [-0.2, -0.15) is 0 Å². The van der Waals surface area contributed by atoms with Crippen molar-refractivity contribution in [3.63, 3.8) is 0 Å². The van der Waals surface area contributed by atoms with Gasteiger partial charge >= 0.3 is 0 Å². The normalized spacial score (nSPS) is 21.4. The third-order valence-corrected chi connectivity index (χ3v) is 5.46. The molecule has 4 nitrogen and oxygen atoms in total. The molecule has 1 amide bonds. The van der Waals surface area contributed by atoms with E-state index in [1.165, 1.54) is 12.8 Å². The van der Waals surface area contributed by atoms with E-state index in [0.717, 1.165) is 49.7 Å². The highest BCUT2D eigenvalue weighted by Crippen LogP contribution is 2.26. The van der Waals surface area contributed by atoms with Crippen LogP contribution in [-0.2, 0) is 4.79 Å². The molecule has 0 spiro atoms. The van der Waals surface area contributed by atoms with Crippen LogP contribution in [0.15, 0.2) is 24.3 Å². The van der Waals surface area contributed by atoms with Crippen molar-refractivity contribution in [1.82, 2.24) is 10.2 Å². The second-order valence-corrected chi connectivity index (χ2v) is 7.05. The first kappa shape index (κ1) is 16.6. The number of rotatable bonds is 4. The van der Waals surface area contributed by atoms with Crippen LogP contribution in [0.5, 0.6) is 0 Å². The summed E-state index contributed by atoms with van der Waals surface area (Å²) in [5, 5.41) is 4.01. The number of piperazine rings is 1. The number of para-hydroxylation sites is 1. The van der Waals surface area contributed by atoms with Crippen molar-refractivity contribution in [3.8, 4) is 0 Å². The molecular formula is C18H26ClN3O. The summed E-state index contributed by atoms with van der Waals surface area (Å²) in [7, 11) is 0. The van der Waals surface area contributed by atoms with E-state index < -0.39 is 0 Å². The molecule has 1 saturated heterocycles. The van der Waals surface area contributed by atoms with Gasteiger partial charge in [-0.3, -0.25) is 9.69 Å². The topological polar surface area (TPSA) is 35.6 Å². The lowest BCUT2D eigenvalue weighted by Crippen LogP contribution is -2.54. The maximum absolute atomic E-state index is 12.4. The van der Waals surface area contributed by atoms with Crippen LogP contribution in [-0.4, -0.2) is 49.1 Å². The first-order chi connectivity index (χ1) is 11.1. The van der Waals surface area contributed by atoms with Crippen LogP contribution in [0.25, 0.3) is 0 Å². The van der Waals surface area contributed by atoms with Gasteiger partial charge in [0.25, 0.3) is 0 Å². The number of carbonyl (C=O) groups is 1. The summed E-state index contributed by atoms with van der Waals surface area (Å²) in [5.41, 5.74) is 1.09. The minimum absolute atomic E-state index is 0.0519. The van der Waals surface area contributed by atoms with Crippen molar-refractivity contribution >= 4 is 23.2 Å². The number of halogens is 1. The fourth-order valence-corrected chi connectivity index (χ4v) is 3.87. The van der Waals surface area contributed by atoms with Crippen molar-refractivity contribution in [3.05, 3.63) is 29.3 Å².